The molecular weight excluding hydrogens is 308 g/mol. The van der Waals surface area contributed by atoms with Gasteiger partial charge in [-0.25, -0.2) is 0 Å². The predicted molar refractivity (Wildman–Crippen MR) is 90.8 cm³/mol. The lowest BCUT2D eigenvalue weighted by Gasteiger charge is -2.13. The number of hydrogen-bond donors (Lipinski definition) is 0. The number of carbonyl (C=O) groups excluding carboxylic acids is 1. The molecule has 0 spiro atoms. The number of benzene rings is 3. The fourth-order valence-electron chi connectivity index (χ4n) is 3.09. The van der Waals surface area contributed by atoms with Crippen LogP contribution < -0.4 is 4.74 Å². The zero-order chi connectivity index (χ0) is 15.8. The number of fused-ring (bicyclic) bond motifs is 3. The Morgan fingerprint density at radius 3 is 1.87 bits per heavy atom. The second-order valence-electron chi connectivity index (χ2n) is 5.48. The molecule has 3 aromatic carbocycles. The van der Waals surface area contributed by atoms with Crippen LogP contribution >= 0.6 is 11.6 Å². The average molecular weight is 321 g/mol. The first-order valence-corrected chi connectivity index (χ1v) is 7.77. The van der Waals surface area contributed by atoms with Crippen molar-refractivity contribution < 1.29 is 9.53 Å². The van der Waals surface area contributed by atoms with Crippen LogP contribution in [0, 0.1) is 0 Å². The van der Waals surface area contributed by atoms with E-state index in [1.165, 1.54) is 0 Å². The Bertz CT molecular complexity index is 839. The minimum absolute atomic E-state index is 0.273. The maximum absolute atomic E-state index is 12.8. The highest BCUT2D eigenvalue weighted by molar-refractivity contribution is 6.30. The van der Waals surface area contributed by atoms with E-state index in [1.54, 1.807) is 24.3 Å². The topological polar surface area (TPSA) is 26.3 Å². The van der Waals surface area contributed by atoms with E-state index in [9.17, 15) is 4.79 Å². The van der Waals surface area contributed by atoms with Gasteiger partial charge in [0, 0.05) is 5.02 Å². The summed E-state index contributed by atoms with van der Waals surface area (Å²) < 4.78 is 5.57. The summed E-state index contributed by atoms with van der Waals surface area (Å²) >= 11 is 5.87. The quantitative estimate of drug-likeness (QED) is 0.487. The molecule has 0 saturated heterocycles. The Hall–Kier alpha value is -2.58. The van der Waals surface area contributed by atoms with E-state index in [-0.39, 0.29) is 5.97 Å². The second kappa shape index (κ2) is 5.56. The van der Waals surface area contributed by atoms with Gasteiger partial charge in [0.1, 0.15) is 11.7 Å². The molecule has 112 valence electrons. The van der Waals surface area contributed by atoms with Gasteiger partial charge in [0.05, 0.1) is 0 Å². The lowest BCUT2D eigenvalue weighted by Crippen LogP contribution is -2.18. The smallest absolute Gasteiger partial charge is 0.323 e. The van der Waals surface area contributed by atoms with Crippen LogP contribution in [0.1, 0.15) is 17.0 Å². The molecule has 1 aliphatic carbocycles. The van der Waals surface area contributed by atoms with Crippen LogP contribution in [0.4, 0.5) is 0 Å². The van der Waals surface area contributed by atoms with E-state index in [0.717, 1.165) is 22.3 Å². The van der Waals surface area contributed by atoms with E-state index in [0.29, 0.717) is 10.8 Å². The largest absolute Gasteiger partial charge is 0.426 e. The molecule has 4 rings (SSSR count). The fraction of sp³-hybridized carbons (Fsp3) is 0.0500. The van der Waals surface area contributed by atoms with Gasteiger partial charge in [-0.05, 0) is 46.5 Å². The van der Waals surface area contributed by atoms with Gasteiger partial charge >= 0.3 is 5.97 Å². The molecule has 3 heteroatoms. The first kappa shape index (κ1) is 14.0. The maximum atomic E-state index is 12.8. The van der Waals surface area contributed by atoms with E-state index >= 15 is 0 Å². The molecule has 1 aliphatic rings. The molecule has 2 nitrogen and oxygen atoms in total. The van der Waals surface area contributed by atoms with E-state index in [2.05, 4.69) is 0 Å². The summed E-state index contributed by atoms with van der Waals surface area (Å²) in [6, 6.07) is 22.8. The molecule has 23 heavy (non-hydrogen) atoms. The molecule has 0 amide bonds. The van der Waals surface area contributed by atoms with Crippen LogP contribution in [0.3, 0.4) is 0 Å². The van der Waals surface area contributed by atoms with Crippen molar-refractivity contribution in [2.75, 3.05) is 0 Å². The van der Waals surface area contributed by atoms with Crippen molar-refractivity contribution in [1.82, 2.24) is 0 Å². The summed E-state index contributed by atoms with van der Waals surface area (Å²) in [6.45, 7) is 0. The first-order chi connectivity index (χ1) is 11.2. The number of ether oxygens (including phenoxy) is 1. The number of halogens is 1. The third-order valence-electron chi connectivity index (χ3n) is 4.10. The van der Waals surface area contributed by atoms with E-state index < -0.39 is 5.92 Å². The molecule has 0 N–H and O–H groups in total. The van der Waals surface area contributed by atoms with Crippen LogP contribution in [-0.4, -0.2) is 5.97 Å². The van der Waals surface area contributed by atoms with Crippen LogP contribution in [-0.2, 0) is 4.79 Å². The summed E-state index contributed by atoms with van der Waals surface area (Å²) in [7, 11) is 0. The molecule has 0 radical (unpaired) electrons. The van der Waals surface area contributed by atoms with Crippen LogP contribution in [0.25, 0.3) is 11.1 Å². The molecule has 0 unspecified atom stereocenters. The standard InChI is InChI=1S/C20H13ClO2/c21-13-9-11-14(12-10-13)23-20(22)19-17-7-3-1-5-15(17)16-6-2-4-8-18(16)19/h1-12,19H. The Morgan fingerprint density at radius 2 is 1.30 bits per heavy atom. The minimum atomic E-state index is -0.391. The van der Waals surface area contributed by atoms with Crippen LogP contribution in [0.5, 0.6) is 5.75 Å². The fourth-order valence-corrected chi connectivity index (χ4v) is 3.21. The van der Waals surface area contributed by atoms with Crippen molar-refractivity contribution >= 4 is 17.6 Å². The Labute approximate surface area is 139 Å². The molecule has 0 fully saturated rings. The summed E-state index contributed by atoms with van der Waals surface area (Å²) in [6.07, 6.45) is 0. The molecule has 0 bridgehead atoms. The van der Waals surface area contributed by atoms with Gasteiger partial charge < -0.3 is 4.74 Å². The zero-order valence-corrected chi connectivity index (χ0v) is 13.0. The Kier molecular flexibility index (Phi) is 3.40. The summed E-state index contributed by atoms with van der Waals surface area (Å²) in [5.41, 5.74) is 4.18. The highest BCUT2D eigenvalue weighted by Gasteiger charge is 2.34. The van der Waals surface area contributed by atoms with Crippen molar-refractivity contribution in [3.8, 4) is 16.9 Å². The molecule has 0 aliphatic heterocycles. The molecule has 3 aromatic rings. The van der Waals surface area contributed by atoms with Crippen molar-refractivity contribution in [3.05, 3.63) is 88.9 Å². The predicted octanol–water partition coefficient (Wildman–Crippen LogP) is 5.06. The lowest BCUT2D eigenvalue weighted by atomic mass is 9.97. The third-order valence-corrected chi connectivity index (χ3v) is 4.35. The van der Waals surface area contributed by atoms with E-state index in [1.807, 2.05) is 48.5 Å². The minimum Gasteiger partial charge on any atom is -0.426 e. The number of rotatable bonds is 2. The Balaban J connectivity index is 1.73. The van der Waals surface area contributed by atoms with Gasteiger partial charge in [-0.15, -0.1) is 0 Å². The van der Waals surface area contributed by atoms with Crippen molar-refractivity contribution in [2.24, 2.45) is 0 Å². The molecule has 0 heterocycles. The van der Waals surface area contributed by atoms with Gasteiger partial charge in [0.2, 0.25) is 0 Å². The third kappa shape index (κ3) is 2.41. The van der Waals surface area contributed by atoms with Crippen LogP contribution in [0.2, 0.25) is 5.02 Å². The average Bonchev–Trinajstić information content (AvgIpc) is 2.91. The van der Waals surface area contributed by atoms with Gasteiger partial charge in [0.15, 0.2) is 0 Å². The van der Waals surface area contributed by atoms with Gasteiger partial charge in [-0.1, -0.05) is 60.1 Å². The van der Waals surface area contributed by atoms with Crippen LogP contribution in [0.15, 0.2) is 72.8 Å². The van der Waals surface area contributed by atoms with Gasteiger partial charge in [-0.2, -0.15) is 0 Å². The van der Waals surface area contributed by atoms with Gasteiger partial charge in [0.25, 0.3) is 0 Å². The monoisotopic (exact) mass is 320 g/mol. The number of esters is 1. The highest BCUT2D eigenvalue weighted by atomic mass is 35.5. The SMILES string of the molecule is O=C(Oc1ccc(Cl)cc1)C1c2ccccc2-c2ccccc21. The second-order valence-corrected chi connectivity index (χ2v) is 5.92. The molecule has 0 aromatic heterocycles. The maximum Gasteiger partial charge on any atom is 0.323 e. The van der Waals surface area contributed by atoms with Gasteiger partial charge in [-0.3, -0.25) is 4.79 Å². The van der Waals surface area contributed by atoms with Crippen molar-refractivity contribution in [2.45, 2.75) is 5.92 Å². The van der Waals surface area contributed by atoms with Crippen molar-refractivity contribution in [1.29, 1.82) is 0 Å². The highest BCUT2D eigenvalue weighted by Crippen LogP contribution is 2.45. The summed E-state index contributed by atoms with van der Waals surface area (Å²) in [5, 5.41) is 0.612. The Morgan fingerprint density at radius 1 is 0.783 bits per heavy atom. The molecule has 0 saturated carbocycles. The lowest BCUT2D eigenvalue weighted by molar-refractivity contribution is -0.135. The zero-order valence-electron chi connectivity index (χ0n) is 12.2. The summed E-state index contributed by atoms with van der Waals surface area (Å²) in [5.74, 6) is -0.163. The summed E-state index contributed by atoms with van der Waals surface area (Å²) in [4.78, 5) is 12.8. The number of carbonyl (C=O) groups is 1. The number of hydrogen-bond acceptors (Lipinski definition) is 2. The first-order valence-electron chi connectivity index (χ1n) is 7.39. The molecule has 0 atom stereocenters. The van der Waals surface area contributed by atoms with Crippen molar-refractivity contribution in [3.63, 3.8) is 0 Å². The van der Waals surface area contributed by atoms with E-state index in [4.69, 9.17) is 16.3 Å². The molecular formula is C20H13ClO2. The normalized spacial score (nSPS) is 12.6.